The average molecular weight is 439 g/mol. The maximum atomic E-state index is 12.8. The molecule has 0 atom stereocenters. The van der Waals surface area contributed by atoms with Crippen LogP contribution in [0.15, 0.2) is 23.1 Å². The van der Waals surface area contributed by atoms with E-state index < -0.39 is 10.0 Å². The average Bonchev–Trinajstić information content (AvgIpc) is 2.75. The van der Waals surface area contributed by atoms with E-state index >= 15 is 0 Å². The molecule has 1 N–H and O–H groups in total. The highest BCUT2D eigenvalue weighted by atomic mass is 32.2. The number of rotatable bonds is 8. The molecule has 0 spiro atoms. The Kier molecular flexibility index (Phi) is 8.13. The van der Waals surface area contributed by atoms with Crippen molar-refractivity contribution in [3.8, 4) is 5.75 Å². The molecule has 1 aromatic rings. The molecule has 1 heterocycles. The number of nitrogens with zero attached hydrogens (tertiary/aromatic N) is 1. The summed E-state index contributed by atoms with van der Waals surface area (Å²) < 4.78 is 39.1. The number of aryl methyl sites for hydroxylation is 1. The maximum Gasteiger partial charge on any atom is 0.240 e. The summed E-state index contributed by atoms with van der Waals surface area (Å²) in [4.78, 5) is 14.9. The van der Waals surface area contributed by atoms with Crippen LogP contribution in [0.2, 0.25) is 0 Å². The summed E-state index contributed by atoms with van der Waals surface area (Å²) >= 11 is 0. The van der Waals surface area contributed by atoms with E-state index in [0.29, 0.717) is 44.9 Å². The van der Waals surface area contributed by atoms with Crippen LogP contribution in [0.5, 0.6) is 5.75 Å². The van der Waals surface area contributed by atoms with Crippen molar-refractivity contribution in [3.05, 3.63) is 23.8 Å². The first-order valence-electron chi connectivity index (χ1n) is 10.9. The fourth-order valence-corrected chi connectivity index (χ4v) is 5.69. The molecular formula is C22H34N2O5S. The Morgan fingerprint density at radius 3 is 2.43 bits per heavy atom. The Balaban J connectivity index is 1.53. The van der Waals surface area contributed by atoms with Gasteiger partial charge in [0.1, 0.15) is 12.4 Å². The van der Waals surface area contributed by atoms with Crippen molar-refractivity contribution in [2.24, 2.45) is 5.92 Å². The fourth-order valence-electron chi connectivity index (χ4n) is 4.30. The largest absolute Gasteiger partial charge is 0.491 e. The van der Waals surface area contributed by atoms with Gasteiger partial charge >= 0.3 is 0 Å². The molecule has 1 aromatic carbocycles. The van der Waals surface area contributed by atoms with Gasteiger partial charge in [-0.15, -0.1) is 0 Å². The third-order valence-electron chi connectivity index (χ3n) is 6.08. The lowest BCUT2D eigenvalue weighted by molar-refractivity contribution is -0.137. The van der Waals surface area contributed by atoms with Gasteiger partial charge in [0.2, 0.25) is 15.9 Å². The van der Waals surface area contributed by atoms with Gasteiger partial charge in [-0.3, -0.25) is 4.79 Å². The molecule has 0 radical (unpaired) electrons. The molecule has 1 saturated carbocycles. The highest BCUT2D eigenvalue weighted by Gasteiger charge is 2.30. The van der Waals surface area contributed by atoms with Gasteiger partial charge in [-0.1, -0.05) is 19.3 Å². The van der Waals surface area contributed by atoms with E-state index in [1.165, 1.54) is 6.42 Å². The summed E-state index contributed by atoms with van der Waals surface area (Å²) in [7, 11) is -2.01. The molecule has 1 saturated heterocycles. The first kappa shape index (κ1) is 23.0. The van der Waals surface area contributed by atoms with E-state index in [1.54, 1.807) is 25.3 Å². The zero-order chi connectivity index (χ0) is 21.6. The number of sulfonamides is 1. The molecule has 2 aliphatic rings. The van der Waals surface area contributed by atoms with Gasteiger partial charge in [0.05, 0.1) is 11.5 Å². The van der Waals surface area contributed by atoms with E-state index in [1.807, 2.05) is 11.8 Å². The zero-order valence-corrected chi connectivity index (χ0v) is 18.9. The van der Waals surface area contributed by atoms with Crippen LogP contribution in [0.4, 0.5) is 0 Å². The Labute approximate surface area is 180 Å². The lowest BCUT2D eigenvalue weighted by Gasteiger charge is -2.35. The third-order valence-corrected chi connectivity index (χ3v) is 7.60. The molecule has 30 heavy (non-hydrogen) atoms. The number of carbonyl (C=O) groups is 1. The van der Waals surface area contributed by atoms with Crippen molar-refractivity contribution in [2.45, 2.75) is 62.8 Å². The first-order valence-corrected chi connectivity index (χ1v) is 12.4. The van der Waals surface area contributed by atoms with Crippen molar-refractivity contribution in [3.63, 3.8) is 0 Å². The number of hydrogen-bond donors (Lipinski definition) is 1. The minimum atomic E-state index is -3.62. The minimum Gasteiger partial charge on any atom is -0.491 e. The van der Waals surface area contributed by atoms with Crippen LogP contribution in [-0.2, 0) is 19.6 Å². The number of nitrogens with one attached hydrogen (secondary N) is 1. The highest BCUT2D eigenvalue weighted by molar-refractivity contribution is 7.89. The lowest BCUT2D eigenvalue weighted by atomic mass is 9.87. The molecule has 8 heteroatoms. The summed E-state index contributed by atoms with van der Waals surface area (Å²) in [5, 5.41) is 0. The fraction of sp³-hybridized carbons (Fsp3) is 0.682. The van der Waals surface area contributed by atoms with E-state index in [4.69, 9.17) is 9.47 Å². The second kappa shape index (κ2) is 10.6. The van der Waals surface area contributed by atoms with Crippen LogP contribution in [0.1, 0.15) is 50.5 Å². The Bertz CT molecular complexity index is 813. The second-order valence-electron chi connectivity index (χ2n) is 8.32. The molecule has 3 rings (SSSR count). The standard InChI is InChI=1S/C22H34N2O5S/c1-17-16-20(8-9-21(17)29-15-14-28-2)30(26,27)23-19-10-12-24(13-11-19)22(25)18-6-4-3-5-7-18/h8-9,16,18-19,23H,3-7,10-15H2,1-2H3. The van der Waals surface area contributed by atoms with Gasteiger partial charge in [0, 0.05) is 32.2 Å². The predicted molar refractivity (Wildman–Crippen MR) is 115 cm³/mol. The van der Waals surface area contributed by atoms with Crippen molar-refractivity contribution < 1.29 is 22.7 Å². The first-order chi connectivity index (χ1) is 14.4. The number of piperidine rings is 1. The van der Waals surface area contributed by atoms with Gasteiger partial charge in [-0.25, -0.2) is 13.1 Å². The number of carbonyl (C=O) groups excluding carboxylic acids is 1. The van der Waals surface area contributed by atoms with Crippen molar-refractivity contribution in [1.29, 1.82) is 0 Å². The number of likely N-dealkylation sites (tertiary alicyclic amines) is 1. The number of amides is 1. The molecular weight excluding hydrogens is 404 g/mol. The van der Waals surface area contributed by atoms with E-state index in [2.05, 4.69) is 4.72 Å². The summed E-state index contributed by atoms with van der Waals surface area (Å²) in [6, 6.07) is 4.74. The normalized spacial score (nSPS) is 19.1. The minimum absolute atomic E-state index is 0.150. The Hall–Kier alpha value is -1.64. The van der Waals surface area contributed by atoms with Crippen molar-refractivity contribution in [1.82, 2.24) is 9.62 Å². The summed E-state index contributed by atoms with van der Waals surface area (Å²) in [6.07, 6.45) is 6.80. The van der Waals surface area contributed by atoms with E-state index in [9.17, 15) is 13.2 Å². The Morgan fingerprint density at radius 2 is 1.80 bits per heavy atom. The topological polar surface area (TPSA) is 84.9 Å². The maximum absolute atomic E-state index is 12.8. The van der Waals surface area contributed by atoms with Crippen LogP contribution in [-0.4, -0.2) is 58.7 Å². The molecule has 1 amide bonds. The van der Waals surface area contributed by atoms with Gasteiger partial charge in [0.15, 0.2) is 0 Å². The number of benzene rings is 1. The van der Waals surface area contributed by atoms with Crippen LogP contribution in [0.3, 0.4) is 0 Å². The smallest absolute Gasteiger partial charge is 0.240 e. The van der Waals surface area contributed by atoms with Gasteiger partial charge < -0.3 is 14.4 Å². The third kappa shape index (κ3) is 5.95. The van der Waals surface area contributed by atoms with Crippen molar-refractivity contribution in [2.75, 3.05) is 33.4 Å². The number of ether oxygens (including phenoxy) is 2. The zero-order valence-electron chi connectivity index (χ0n) is 18.1. The monoisotopic (exact) mass is 438 g/mol. The second-order valence-corrected chi connectivity index (χ2v) is 10.0. The van der Waals surface area contributed by atoms with Crippen molar-refractivity contribution >= 4 is 15.9 Å². The molecule has 0 bridgehead atoms. The molecule has 0 unspecified atom stereocenters. The highest BCUT2D eigenvalue weighted by Crippen LogP contribution is 2.27. The summed E-state index contributed by atoms with van der Waals surface area (Å²) in [5.74, 6) is 1.08. The number of hydrogen-bond acceptors (Lipinski definition) is 5. The van der Waals surface area contributed by atoms with Crippen LogP contribution >= 0.6 is 0 Å². The summed E-state index contributed by atoms with van der Waals surface area (Å²) in [6.45, 7) is 3.96. The van der Waals surface area contributed by atoms with E-state index in [0.717, 1.165) is 31.2 Å². The Morgan fingerprint density at radius 1 is 1.10 bits per heavy atom. The molecule has 1 aliphatic carbocycles. The molecule has 0 aromatic heterocycles. The van der Waals surface area contributed by atoms with Crippen LogP contribution < -0.4 is 9.46 Å². The number of methoxy groups -OCH3 is 1. The molecule has 168 valence electrons. The lowest BCUT2D eigenvalue weighted by Crippen LogP contribution is -2.48. The van der Waals surface area contributed by atoms with Gasteiger partial charge in [-0.05, 0) is 56.4 Å². The molecule has 1 aliphatic heterocycles. The molecule has 7 nitrogen and oxygen atoms in total. The SMILES string of the molecule is COCCOc1ccc(S(=O)(=O)NC2CCN(C(=O)C3CCCCC3)CC2)cc1C. The van der Waals surface area contributed by atoms with E-state index in [-0.39, 0.29) is 22.8 Å². The van der Waals surface area contributed by atoms with Crippen LogP contribution in [0, 0.1) is 12.8 Å². The quantitative estimate of drug-likeness (QED) is 0.631. The summed E-state index contributed by atoms with van der Waals surface area (Å²) in [5.41, 5.74) is 0.766. The van der Waals surface area contributed by atoms with Crippen LogP contribution in [0.25, 0.3) is 0 Å². The van der Waals surface area contributed by atoms with Gasteiger partial charge in [-0.2, -0.15) is 0 Å². The molecule has 2 fully saturated rings. The van der Waals surface area contributed by atoms with Gasteiger partial charge in [0.25, 0.3) is 0 Å². The predicted octanol–water partition coefficient (Wildman–Crippen LogP) is 2.87.